The molecular weight excluding hydrogens is 659 g/mol. The third-order valence-corrected chi connectivity index (χ3v) is 12.5. The third kappa shape index (κ3) is 6.23. The Morgan fingerprint density at radius 2 is 1.37 bits per heavy atom. The molecule has 0 N–H and O–H groups in total. The monoisotopic (exact) mass is 701 g/mol. The van der Waals surface area contributed by atoms with Crippen LogP contribution in [0.3, 0.4) is 0 Å². The largest absolute Gasteiger partial charge is 0.347 e. The summed E-state index contributed by atoms with van der Waals surface area (Å²) in [6.45, 7) is 4.92. The summed E-state index contributed by atoms with van der Waals surface area (Å²) in [5.41, 5.74) is 8.84. The third-order valence-electron chi connectivity index (χ3n) is 10.6. The van der Waals surface area contributed by atoms with E-state index in [0.717, 1.165) is 45.7 Å². The van der Waals surface area contributed by atoms with E-state index in [-0.39, 0.29) is 24.4 Å². The molecule has 9 nitrogen and oxygen atoms in total. The van der Waals surface area contributed by atoms with Crippen molar-refractivity contribution in [1.29, 1.82) is 0 Å². The SMILES string of the molecule is Cc1c(C(=O)N(C)c2ccccc2)cc(-c2cc3c(cc2C(=O)N2Cc4ccccc4C[C@H]2C)CN(S(=O)(=O)N(C)c2ccccc2)CC3)n1C. The lowest BCUT2D eigenvalue weighted by Gasteiger charge is -2.36. The molecule has 5 aromatic rings. The fourth-order valence-corrected chi connectivity index (χ4v) is 8.70. The fraction of sp³-hybridized carbons (Fsp3) is 0.268. The highest BCUT2D eigenvalue weighted by molar-refractivity contribution is 7.90. The Hall–Kier alpha value is -5.19. The number of carbonyl (C=O) groups is 2. The number of hydrogen-bond acceptors (Lipinski definition) is 4. The quantitative estimate of drug-likeness (QED) is 0.191. The molecule has 7 rings (SSSR count). The number of para-hydroxylation sites is 2. The van der Waals surface area contributed by atoms with E-state index < -0.39 is 10.2 Å². The molecule has 0 spiro atoms. The van der Waals surface area contributed by atoms with Crippen molar-refractivity contribution in [2.24, 2.45) is 7.05 Å². The Labute approximate surface area is 300 Å². The predicted octanol–water partition coefficient (Wildman–Crippen LogP) is 6.60. The molecular formula is C41H43N5O4S. The molecule has 0 fully saturated rings. The highest BCUT2D eigenvalue weighted by Gasteiger charge is 2.35. The van der Waals surface area contributed by atoms with Gasteiger partial charge in [-0.25, -0.2) is 0 Å². The minimum Gasteiger partial charge on any atom is -0.347 e. The van der Waals surface area contributed by atoms with Crippen LogP contribution in [0.15, 0.2) is 103 Å². The molecule has 1 aromatic heterocycles. The standard InChI is InChI=1S/C41H43N5O4S/c1-28-22-30-14-12-13-15-32(30)27-46(28)41(48)38-24-33-26-45(51(49,50)44(5)35-18-10-7-11-19-35)21-20-31(33)23-37(38)39-25-36(29(2)42(39)3)40(47)43(4)34-16-8-6-9-17-34/h6-19,23-25,28H,20-22,26-27H2,1-5H3/t28-/m1/s1. The van der Waals surface area contributed by atoms with E-state index in [9.17, 15) is 18.0 Å². The second-order valence-corrected chi connectivity index (χ2v) is 15.6. The van der Waals surface area contributed by atoms with Crippen LogP contribution in [-0.4, -0.2) is 60.7 Å². The molecule has 2 aliphatic heterocycles. The number of fused-ring (bicyclic) bond motifs is 2. The molecule has 262 valence electrons. The zero-order valence-corrected chi connectivity index (χ0v) is 30.5. The fourth-order valence-electron chi connectivity index (χ4n) is 7.34. The normalized spacial score (nSPS) is 15.9. The molecule has 0 radical (unpaired) electrons. The van der Waals surface area contributed by atoms with Gasteiger partial charge in [-0.3, -0.25) is 13.9 Å². The van der Waals surface area contributed by atoms with Crippen molar-refractivity contribution in [2.45, 2.75) is 45.8 Å². The second-order valence-electron chi connectivity index (χ2n) is 13.6. The molecule has 51 heavy (non-hydrogen) atoms. The van der Waals surface area contributed by atoms with Gasteiger partial charge in [-0.15, -0.1) is 0 Å². The number of aromatic nitrogens is 1. The molecule has 0 unspecified atom stereocenters. The summed E-state index contributed by atoms with van der Waals surface area (Å²) in [6.07, 6.45) is 1.23. The van der Waals surface area contributed by atoms with E-state index in [1.54, 1.807) is 31.1 Å². The van der Waals surface area contributed by atoms with Gasteiger partial charge in [0.25, 0.3) is 11.8 Å². The smallest absolute Gasteiger partial charge is 0.304 e. The Bertz CT molecular complexity index is 2230. The second kappa shape index (κ2) is 13.5. The number of hydrogen-bond donors (Lipinski definition) is 0. The average molecular weight is 702 g/mol. The summed E-state index contributed by atoms with van der Waals surface area (Å²) in [5, 5.41) is 0. The predicted molar refractivity (Wildman–Crippen MR) is 202 cm³/mol. The van der Waals surface area contributed by atoms with Gasteiger partial charge in [-0.1, -0.05) is 60.7 Å². The maximum Gasteiger partial charge on any atom is 0.304 e. The van der Waals surface area contributed by atoms with Gasteiger partial charge in [-0.2, -0.15) is 12.7 Å². The van der Waals surface area contributed by atoms with Gasteiger partial charge in [0.1, 0.15) is 0 Å². The molecule has 0 bridgehead atoms. The van der Waals surface area contributed by atoms with Gasteiger partial charge < -0.3 is 14.4 Å². The maximum absolute atomic E-state index is 14.8. The minimum absolute atomic E-state index is 0.0421. The number of anilines is 2. The Morgan fingerprint density at radius 3 is 2.06 bits per heavy atom. The van der Waals surface area contributed by atoms with Gasteiger partial charge in [0.05, 0.1) is 11.3 Å². The summed E-state index contributed by atoms with van der Waals surface area (Å²) in [7, 11) is 1.42. The molecule has 0 aliphatic carbocycles. The van der Waals surface area contributed by atoms with E-state index in [1.807, 2.05) is 102 Å². The van der Waals surface area contributed by atoms with Gasteiger partial charge in [0.2, 0.25) is 0 Å². The van der Waals surface area contributed by atoms with Crippen molar-refractivity contribution in [3.05, 3.63) is 142 Å². The number of amides is 2. The molecule has 10 heteroatoms. The first-order chi connectivity index (χ1) is 24.5. The van der Waals surface area contributed by atoms with Crippen molar-refractivity contribution in [3.63, 3.8) is 0 Å². The highest BCUT2D eigenvalue weighted by atomic mass is 32.2. The lowest BCUT2D eigenvalue weighted by atomic mass is 9.90. The lowest BCUT2D eigenvalue weighted by Crippen LogP contribution is -2.45. The number of carbonyl (C=O) groups excluding carboxylic acids is 2. The summed E-state index contributed by atoms with van der Waals surface area (Å²) in [5.74, 6) is -0.264. The van der Waals surface area contributed by atoms with Crippen LogP contribution in [0.1, 0.15) is 55.6 Å². The zero-order chi connectivity index (χ0) is 36.0. The Kier molecular flexibility index (Phi) is 9.07. The summed E-state index contributed by atoms with van der Waals surface area (Å²) < 4.78 is 32.5. The van der Waals surface area contributed by atoms with Crippen LogP contribution in [0.25, 0.3) is 11.3 Å². The molecule has 0 saturated carbocycles. The zero-order valence-electron chi connectivity index (χ0n) is 29.7. The van der Waals surface area contributed by atoms with Crippen LogP contribution < -0.4 is 9.21 Å². The van der Waals surface area contributed by atoms with Crippen LogP contribution in [0.5, 0.6) is 0 Å². The Morgan fingerprint density at radius 1 is 0.745 bits per heavy atom. The van der Waals surface area contributed by atoms with E-state index >= 15 is 0 Å². The van der Waals surface area contributed by atoms with Crippen molar-refractivity contribution >= 4 is 33.4 Å². The van der Waals surface area contributed by atoms with E-state index in [0.29, 0.717) is 36.3 Å². The summed E-state index contributed by atoms with van der Waals surface area (Å²) in [4.78, 5) is 32.2. The first-order valence-electron chi connectivity index (χ1n) is 17.3. The van der Waals surface area contributed by atoms with Crippen LogP contribution in [0.2, 0.25) is 0 Å². The first-order valence-corrected chi connectivity index (χ1v) is 18.7. The summed E-state index contributed by atoms with van der Waals surface area (Å²) >= 11 is 0. The lowest BCUT2D eigenvalue weighted by molar-refractivity contribution is 0.0658. The van der Waals surface area contributed by atoms with Crippen molar-refractivity contribution in [1.82, 2.24) is 13.8 Å². The highest BCUT2D eigenvalue weighted by Crippen LogP contribution is 2.36. The molecule has 2 amide bonds. The minimum atomic E-state index is -3.84. The van der Waals surface area contributed by atoms with Crippen LogP contribution >= 0.6 is 0 Å². The van der Waals surface area contributed by atoms with Crippen molar-refractivity contribution in [3.8, 4) is 11.3 Å². The van der Waals surface area contributed by atoms with Crippen LogP contribution in [0, 0.1) is 6.92 Å². The van der Waals surface area contributed by atoms with Gasteiger partial charge >= 0.3 is 10.2 Å². The molecule has 2 aliphatic rings. The van der Waals surface area contributed by atoms with Crippen LogP contribution in [-0.2, 0) is 43.2 Å². The maximum atomic E-state index is 14.8. The van der Waals surface area contributed by atoms with Crippen LogP contribution in [0.4, 0.5) is 11.4 Å². The van der Waals surface area contributed by atoms with Crippen molar-refractivity contribution in [2.75, 3.05) is 29.8 Å². The Balaban J connectivity index is 1.30. The van der Waals surface area contributed by atoms with Gasteiger partial charge in [-0.05, 0) is 91.4 Å². The topological polar surface area (TPSA) is 86.2 Å². The molecule has 3 heterocycles. The van der Waals surface area contributed by atoms with Gasteiger partial charge in [0.15, 0.2) is 0 Å². The summed E-state index contributed by atoms with van der Waals surface area (Å²) in [6, 6.07) is 32.6. The van der Waals surface area contributed by atoms with Gasteiger partial charge in [0, 0.05) is 75.0 Å². The average Bonchev–Trinajstić information content (AvgIpc) is 3.46. The van der Waals surface area contributed by atoms with Crippen molar-refractivity contribution < 1.29 is 18.0 Å². The molecule has 4 aromatic carbocycles. The number of rotatable bonds is 7. The first kappa shape index (κ1) is 34.3. The van der Waals surface area contributed by atoms with E-state index in [4.69, 9.17) is 0 Å². The number of benzene rings is 4. The molecule has 0 saturated heterocycles. The molecule has 1 atom stereocenters. The number of nitrogens with zero attached hydrogens (tertiary/aromatic N) is 5. The van der Waals surface area contributed by atoms with E-state index in [2.05, 4.69) is 19.1 Å². The van der Waals surface area contributed by atoms with E-state index in [1.165, 1.54) is 14.2 Å².